The third-order valence-corrected chi connectivity index (χ3v) is 4.48. The van der Waals surface area contributed by atoms with Crippen molar-refractivity contribution < 1.29 is 9.53 Å². The van der Waals surface area contributed by atoms with Crippen molar-refractivity contribution >= 4 is 37.8 Å². The zero-order valence-electron chi connectivity index (χ0n) is 10.9. The number of nitrogens with one attached hydrogen (secondary N) is 1. The first-order valence-corrected chi connectivity index (χ1v) is 7.29. The number of methoxy groups -OCH3 is 1. The topological polar surface area (TPSA) is 38.3 Å². The molecule has 5 heteroatoms. The third-order valence-electron chi connectivity index (χ3n) is 2.84. The van der Waals surface area contributed by atoms with Crippen molar-refractivity contribution in [2.75, 3.05) is 7.11 Å². The number of alkyl halides is 1. The van der Waals surface area contributed by atoms with Gasteiger partial charge >= 0.3 is 0 Å². The van der Waals surface area contributed by atoms with Crippen molar-refractivity contribution in [3.63, 3.8) is 0 Å². The van der Waals surface area contributed by atoms with E-state index in [2.05, 4.69) is 37.2 Å². The molecule has 0 aliphatic carbocycles. The molecule has 1 unspecified atom stereocenters. The largest absolute Gasteiger partial charge is 0.496 e. The van der Waals surface area contributed by atoms with Crippen molar-refractivity contribution in [1.29, 1.82) is 0 Å². The van der Waals surface area contributed by atoms with E-state index in [0.29, 0.717) is 11.3 Å². The number of rotatable bonds is 4. The Morgan fingerprint density at radius 2 is 2.06 bits per heavy atom. The Kier molecular flexibility index (Phi) is 5.22. The minimum atomic E-state index is -0.338. The SMILES string of the molecule is COc1cc(Br)ccc1C(=O)NC(C)(C)C(C)Br. The van der Waals surface area contributed by atoms with Gasteiger partial charge in [0.15, 0.2) is 0 Å². The van der Waals surface area contributed by atoms with Gasteiger partial charge in [-0.1, -0.05) is 38.8 Å². The Hall–Kier alpha value is -0.550. The van der Waals surface area contributed by atoms with Gasteiger partial charge in [0.2, 0.25) is 0 Å². The summed E-state index contributed by atoms with van der Waals surface area (Å²) in [6.07, 6.45) is 0. The molecule has 0 radical (unpaired) electrons. The van der Waals surface area contributed by atoms with Crippen molar-refractivity contribution in [3.05, 3.63) is 28.2 Å². The predicted molar refractivity (Wildman–Crippen MR) is 80.6 cm³/mol. The molecule has 0 aliphatic heterocycles. The molecule has 0 saturated carbocycles. The van der Waals surface area contributed by atoms with Crippen molar-refractivity contribution in [1.82, 2.24) is 5.32 Å². The van der Waals surface area contributed by atoms with E-state index < -0.39 is 0 Å². The van der Waals surface area contributed by atoms with Gasteiger partial charge in [-0.25, -0.2) is 0 Å². The summed E-state index contributed by atoms with van der Waals surface area (Å²) < 4.78 is 6.10. The zero-order chi connectivity index (χ0) is 13.9. The van der Waals surface area contributed by atoms with Gasteiger partial charge < -0.3 is 10.1 Å². The Morgan fingerprint density at radius 3 is 2.56 bits per heavy atom. The molecule has 18 heavy (non-hydrogen) atoms. The molecule has 0 saturated heterocycles. The molecule has 3 nitrogen and oxygen atoms in total. The fraction of sp³-hybridized carbons (Fsp3) is 0.462. The highest BCUT2D eigenvalue weighted by atomic mass is 79.9. The molecule has 0 aromatic heterocycles. The Bertz CT molecular complexity index is 445. The molecule has 1 amide bonds. The van der Waals surface area contributed by atoms with Crippen LogP contribution >= 0.6 is 31.9 Å². The minimum Gasteiger partial charge on any atom is -0.496 e. The lowest BCUT2D eigenvalue weighted by atomic mass is 10.0. The van der Waals surface area contributed by atoms with E-state index in [1.807, 2.05) is 26.8 Å². The van der Waals surface area contributed by atoms with Gasteiger partial charge in [0, 0.05) is 14.8 Å². The lowest BCUT2D eigenvalue weighted by molar-refractivity contribution is 0.0911. The number of ether oxygens (including phenoxy) is 1. The van der Waals surface area contributed by atoms with Crippen LogP contribution in [-0.4, -0.2) is 23.4 Å². The standard InChI is InChI=1S/C13H17Br2NO2/c1-8(14)13(2,3)16-12(17)10-6-5-9(15)7-11(10)18-4/h5-8H,1-4H3,(H,16,17). The molecular formula is C13H17Br2NO2. The van der Waals surface area contributed by atoms with Crippen LogP contribution in [0.25, 0.3) is 0 Å². The number of carbonyl (C=O) groups is 1. The maximum atomic E-state index is 12.2. The summed E-state index contributed by atoms with van der Waals surface area (Å²) in [4.78, 5) is 12.4. The summed E-state index contributed by atoms with van der Waals surface area (Å²) in [6.45, 7) is 5.93. The van der Waals surface area contributed by atoms with Gasteiger partial charge in [-0.05, 0) is 32.0 Å². The van der Waals surface area contributed by atoms with Gasteiger partial charge in [-0.2, -0.15) is 0 Å². The summed E-state index contributed by atoms with van der Waals surface area (Å²) in [5, 5.41) is 2.99. The fourth-order valence-electron chi connectivity index (χ4n) is 1.31. The summed E-state index contributed by atoms with van der Waals surface area (Å²) in [6, 6.07) is 5.34. The van der Waals surface area contributed by atoms with Crippen LogP contribution in [0.1, 0.15) is 31.1 Å². The maximum Gasteiger partial charge on any atom is 0.255 e. The average molecular weight is 379 g/mol. The summed E-state index contributed by atoms with van der Waals surface area (Å²) in [5.41, 5.74) is 0.191. The molecule has 0 spiro atoms. The second-order valence-corrected chi connectivity index (χ2v) is 6.93. The number of amides is 1. The molecule has 1 aromatic rings. The van der Waals surface area contributed by atoms with Gasteiger partial charge in [0.25, 0.3) is 5.91 Å². The molecule has 1 N–H and O–H groups in total. The van der Waals surface area contributed by atoms with E-state index in [1.54, 1.807) is 19.2 Å². The molecule has 0 bridgehead atoms. The fourth-order valence-corrected chi connectivity index (χ4v) is 1.77. The van der Waals surface area contributed by atoms with Crippen LogP contribution in [0, 0.1) is 0 Å². The van der Waals surface area contributed by atoms with Crippen LogP contribution in [0.2, 0.25) is 0 Å². The van der Waals surface area contributed by atoms with Gasteiger partial charge in [0.1, 0.15) is 5.75 Å². The van der Waals surface area contributed by atoms with Crippen molar-refractivity contribution in [2.24, 2.45) is 0 Å². The highest BCUT2D eigenvalue weighted by Gasteiger charge is 2.27. The first-order chi connectivity index (χ1) is 8.27. The smallest absolute Gasteiger partial charge is 0.255 e. The lowest BCUT2D eigenvalue weighted by Gasteiger charge is -2.29. The molecule has 0 fully saturated rings. The van der Waals surface area contributed by atoms with E-state index in [4.69, 9.17) is 4.74 Å². The van der Waals surface area contributed by atoms with Crippen LogP contribution in [-0.2, 0) is 0 Å². The maximum absolute atomic E-state index is 12.2. The summed E-state index contributed by atoms with van der Waals surface area (Å²) >= 11 is 6.84. The van der Waals surface area contributed by atoms with E-state index >= 15 is 0 Å². The normalized spacial score (nSPS) is 13.0. The van der Waals surface area contributed by atoms with Gasteiger partial charge in [0.05, 0.1) is 12.7 Å². The highest BCUT2D eigenvalue weighted by Crippen LogP contribution is 2.25. The minimum absolute atomic E-state index is 0.143. The molecule has 0 aliphatic rings. The Balaban J connectivity index is 2.98. The van der Waals surface area contributed by atoms with Crippen LogP contribution in [0.5, 0.6) is 5.75 Å². The summed E-state index contributed by atoms with van der Waals surface area (Å²) in [5.74, 6) is 0.413. The quantitative estimate of drug-likeness (QED) is 0.810. The second-order valence-electron chi connectivity index (χ2n) is 4.64. The first-order valence-electron chi connectivity index (χ1n) is 5.58. The number of benzene rings is 1. The van der Waals surface area contributed by atoms with Crippen molar-refractivity contribution in [2.45, 2.75) is 31.1 Å². The third kappa shape index (κ3) is 3.72. The molecule has 1 aromatic carbocycles. The van der Waals surface area contributed by atoms with Crippen molar-refractivity contribution in [3.8, 4) is 5.75 Å². The van der Waals surface area contributed by atoms with Crippen LogP contribution in [0.4, 0.5) is 0 Å². The number of halogens is 2. The summed E-state index contributed by atoms with van der Waals surface area (Å²) in [7, 11) is 1.55. The average Bonchev–Trinajstić information content (AvgIpc) is 2.27. The second kappa shape index (κ2) is 6.06. The Morgan fingerprint density at radius 1 is 1.44 bits per heavy atom. The van der Waals surface area contributed by atoms with Gasteiger partial charge in [-0.3, -0.25) is 4.79 Å². The molecule has 1 rings (SSSR count). The lowest BCUT2D eigenvalue weighted by Crippen LogP contribution is -2.48. The first kappa shape index (κ1) is 15.5. The van der Waals surface area contributed by atoms with Crippen LogP contribution < -0.4 is 10.1 Å². The Labute approximate surface area is 125 Å². The van der Waals surface area contributed by atoms with Crippen LogP contribution in [0.3, 0.4) is 0 Å². The number of hydrogen-bond acceptors (Lipinski definition) is 2. The number of carbonyl (C=O) groups excluding carboxylic acids is 1. The monoisotopic (exact) mass is 377 g/mol. The van der Waals surface area contributed by atoms with Gasteiger partial charge in [-0.15, -0.1) is 0 Å². The molecular weight excluding hydrogens is 362 g/mol. The van der Waals surface area contributed by atoms with E-state index in [0.717, 1.165) is 4.47 Å². The van der Waals surface area contributed by atoms with E-state index in [9.17, 15) is 4.79 Å². The molecule has 100 valence electrons. The predicted octanol–water partition coefficient (Wildman–Crippen LogP) is 3.75. The van der Waals surface area contributed by atoms with E-state index in [-0.39, 0.29) is 16.3 Å². The highest BCUT2D eigenvalue weighted by molar-refractivity contribution is 9.10. The number of hydrogen-bond donors (Lipinski definition) is 1. The van der Waals surface area contributed by atoms with E-state index in [1.165, 1.54) is 0 Å². The molecule has 0 heterocycles. The van der Waals surface area contributed by atoms with Crippen LogP contribution in [0.15, 0.2) is 22.7 Å². The zero-order valence-corrected chi connectivity index (χ0v) is 14.1. The molecule has 1 atom stereocenters.